The Morgan fingerprint density at radius 1 is 1.16 bits per heavy atom. The van der Waals surface area contributed by atoms with Crippen LogP contribution in [0.15, 0.2) is 46.9 Å². The van der Waals surface area contributed by atoms with E-state index < -0.39 is 34.4 Å². The molecule has 1 atom stereocenters. The van der Waals surface area contributed by atoms with E-state index in [1.807, 2.05) is 0 Å². The lowest BCUT2D eigenvalue weighted by molar-refractivity contribution is -0.139. The first-order valence-electron chi connectivity index (χ1n) is 9.13. The van der Waals surface area contributed by atoms with Crippen molar-refractivity contribution in [2.75, 3.05) is 24.2 Å². The van der Waals surface area contributed by atoms with Crippen LogP contribution in [0.4, 0.5) is 5.69 Å². The summed E-state index contributed by atoms with van der Waals surface area (Å²) in [6.45, 7) is 1.06. The molecule has 1 N–H and O–H groups in total. The molecule has 2 rings (SSSR count). The SMILES string of the molecule is CNC(=O)[C@H](C)N(Cc1ccc(Cl)cc1Cl)C(=O)CN(c1ccccc1Br)S(C)(=O)=O. The molecule has 11 heteroatoms. The van der Waals surface area contributed by atoms with E-state index in [9.17, 15) is 18.0 Å². The van der Waals surface area contributed by atoms with Gasteiger partial charge in [-0.25, -0.2) is 8.42 Å². The van der Waals surface area contributed by atoms with E-state index in [4.69, 9.17) is 23.2 Å². The highest BCUT2D eigenvalue weighted by Crippen LogP contribution is 2.28. The first kappa shape index (κ1) is 25.5. The molecule has 0 aromatic heterocycles. The van der Waals surface area contributed by atoms with Gasteiger partial charge in [-0.1, -0.05) is 41.4 Å². The molecule has 7 nitrogen and oxygen atoms in total. The highest BCUT2D eigenvalue weighted by atomic mass is 79.9. The summed E-state index contributed by atoms with van der Waals surface area (Å²) in [6.07, 6.45) is 1.02. The van der Waals surface area contributed by atoms with Crippen LogP contribution in [0, 0.1) is 0 Å². The molecule has 2 aromatic carbocycles. The van der Waals surface area contributed by atoms with Crippen molar-refractivity contribution in [3.63, 3.8) is 0 Å². The Labute approximate surface area is 200 Å². The zero-order chi connectivity index (χ0) is 23.3. The predicted molar refractivity (Wildman–Crippen MR) is 127 cm³/mol. The molecule has 2 amide bonds. The van der Waals surface area contributed by atoms with Crippen LogP contribution < -0.4 is 9.62 Å². The zero-order valence-corrected chi connectivity index (χ0v) is 21.0. The van der Waals surface area contributed by atoms with Crippen LogP contribution in [0.3, 0.4) is 0 Å². The zero-order valence-electron chi connectivity index (χ0n) is 17.1. The van der Waals surface area contributed by atoms with Crippen molar-refractivity contribution in [2.24, 2.45) is 0 Å². The van der Waals surface area contributed by atoms with E-state index in [0.29, 0.717) is 25.8 Å². The number of sulfonamides is 1. The molecule has 0 unspecified atom stereocenters. The quantitative estimate of drug-likeness (QED) is 0.543. The number of nitrogens with one attached hydrogen (secondary N) is 1. The fourth-order valence-corrected chi connectivity index (χ4v) is 4.82. The second-order valence-corrected chi connectivity index (χ2v) is 10.4. The van der Waals surface area contributed by atoms with Gasteiger partial charge in [-0.05, 0) is 52.7 Å². The number of benzene rings is 2. The molecule has 0 aliphatic rings. The van der Waals surface area contributed by atoms with Crippen LogP contribution in [0.5, 0.6) is 0 Å². The summed E-state index contributed by atoms with van der Waals surface area (Å²) in [5, 5.41) is 3.27. The highest BCUT2D eigenvalue weighted by Gasteiger charge is 2.30. The number of hydrogen-bond donors (Lipinski definition) is 1. The molecule has 0 saturated heterocycles. The number of hydrogen-bond acceptors (Lipinski definition) is 4. The standard InChI is InChI=1S/C20H22BrCl2N3O4S/c1-13(20(28)24-2)25(11-14-8-9-15(22)10-17(14)23)19(27)12-26(31(3,29)30)18-7-5-4-6-16(18)21/h4-10,13H,11-12H2,1-3H3,(H,24,28)/t13-/m0/s1. The van der Waals surface area contributed by atoms with E-state index in [0.717, 1.165) is 10.6 Å². The molecule has 0 aliphatic heterocycles. The topological polar surface area (TPSA) is 86.8 Å². The number of carbonyl (C=O) groups excluding carboxylic acids is 2. The third-order valence-corrected chi connectivity index (χ3v) is 6.95. The van der Waals surface area contributed by atoms with Crippen molar-refractivity contribution in [3.8, 4) is 0 Å². The fraction of sp³-hybridized carbons (Fsp3) is 0.300. The molecule has 0 radical (unpaired) electrons. The summed E-state index contributed by atoms with van der Waals surface area (Å²) in [4.78, 5) is 26.9. The lowest BCUT2D eigenvalue weighted by Gasteiger charge is -2.31. The van der Waals surface area contributed by atoms with Crippen molar-refractivity contribution in [2.45, 2.75) is 19.5 Å². The number of anilines is 1. The largest absolute Gasteiger partial charge is 0.357 e. The maximum atomic E-state index is 13.3. The third-order valence-electron chi connectivity index (χ3n) is 4.57. The smallest absolute Gasteiger partial charge is 0.244 e. The van der Waals surface area contributed by atoms with Gasteiger partial charge in [0.15, 0.2) is 0 Å². The Kier molecular flexibility index (Phi) is 8.76. The Morgan fingerprint density at radius 2 is 1.81 bits per heavy atom. The second kappa shape index (κ2) is 10.7. The van der Waals surface area contributed by atoms with Crippen LogP contribution in [0.1, 0.15) is 12.5 Å². The third kappa shape index (κ3) is 6.58. The lowest BCUT2D eigenvalue weighted by atomic mass is 10.1. The van der Waals surface area contributed by atoms with Gasteiger partial charge in [0.2, 0.25) is 21.8 Å². The van der Waals surface area contributed by atoms with Gasteiger partial charge in [0, 0.05) is 28.1 Å². The van der Waals surface area contributed by atoms with Gasteiger partial charge in [0.05, 0.1) is 11.9 Å². The molecule has 0 heterocycles. The van der Waals surface area contributed by atoms with E-state index in [1.165, 1.54) is 18.0 Å². The molecule has 31 heavy (non-hydrogen) atoms. The number of rotatable bonds is 8. The highest BCUT2D eigenvalue weighted by molar-refractivity contribution is 9.10. The Hall–Kier alpha value is -1.81. The Bertz CT molecular complexity index is 1080. The van der Waals surface area contributed by atoms with Gasteiger partial charge in [-0.2, -0.15) is 0 Å². The van der Waals surface area contributed by atoms with Gasteiger partial charge in [0.25, 0.3) is 0 Å². The van der Waals surface area contributed by atoms with Crippen LogP contribution in [0.2, 0.25) is 10.0 Å². The van der Waals surface area contributed by atoms with Gasteiger partial charge in [-0.3, -0.25) is 13.9 Å². The number of likely N-dealkylation sites (N-methyl/N-ethyl adjacent to an activating group) is 1. The summed E-state index contributed by atoms with van der Waals surface area (Å²) >= 11 is 15.5. The Morgan fingerprint density at radius 3 is 2.35 bits per heavy atom. The summed E-state index contributed by atoms with van der Waals surface area (Å²) in [6, 6.07) is 10.6. The van der Waals surface area contributed by atoms with Crippen LogP contribution >= 0.6 is 39.1 Å². The average molecular weight is 551 g/mol. The minimum Gasteiger partial charge on any atom is -0.357 e. The van der Waals surface area contributed by atoms with Gasteiger partial charge in [0.1, 0.15) is 12.6 Å². The number of nitrogens with zero attached hydrogens (tertiary/aromatic N) is 2. The number of para-hydroxylation sites is 1. The molecular weight excluding hydrogens is 529 g/mol. The Balaban J connectivity index is 2.43. The van der Waals surface area contributed by atoms with Crippen LogP contribution in [0.25, 0.3) is 0 Å². The summed E-state index contributed by atoms with van der Waals surface area (Å²) < 4.78 is 26.4. The normalized spacial score (nSPS) is 12.2. The minimum atomic E-state index is -3.80. The molecule has 0 saturated carbocycles. The van der Waals surface area contributed by atoms with Crippen molar-refractivity contribution in [1.82, 2.24) is 10.2 Å². The van der Waals surface area contributed by atoms with Crippen molar-refractivity contribution >= 4 is 66.7 Å². The van der Waals surface area contributed by atoms with Crippen LogP contribution in [-0.4, -0.2) is 51.0 Å². The van der Waals surface area contributed by atoms with Crippen molar-refractivity contribution in [3.05, 3.63) is 62.5 Å². The first-order valence-corrected chi connectivity index (χ1v) is 12.5. The molecule has 0 fully saturated rings. The molecule has 0 spiro atoms. The number of amides is 2. The van der Waals surface area contributed by atoms with Crippen LogP contribution in [-0.2, 0) is 26.2 Å². The number of halogens is 3. The summed E-state index contributed by atoms with van der Waals surface area (Å²) in [5.41, 5.74) is 0.886. The lowest BCUT2D eigenvalue weighted by Crippen LogP contribution is -2.50. The fourth-order valence-electron chi connectivity index (χ4n) is 2.87. The average Bonchev–Trinajstić information content (AvgIpc) is 2.70. The molecule has 0 bridgehead atoms. The van der Waals surface area contributed by atoms with Crippen molar-refractivity contribution in [1.29, 1.82) is 0 Å². The van der Waals surface area contributed by atoms with Crippen molar-refractivity contribution < 1.29 is 18.0 Å². The minimum absolute atomic E-state index is 0.00299. The van der Waals surface area contributed by atoms with E-state index in [2.05, 4.69) is 21.2 Å². The van der Waals surface area contributed by atoms with Gasteiger partial charge < -0.3 is 10.2 Å². The maximum absolute atomic E-state index is 13.3. The number of carbonyl (C=O) groups is 2. The second-order valence-electron chi connectivity index (χ2n) is 6.77. The van der Waals surface area contributed by atoms with Gasteiger partial charge in [-0.15, -0.1) is 0 Å². The van der Waals surface area contributed by atoms with E-state index in [1.54, 1.807) is 43.3 Å². The molecule has 168 valence electrons. The maximum Gasteiger partial charge on any atom is 0.244 e. The van der Waals surface area contributed by atoms with Gasteiger partial charge >= 0.3 is 0 Å². The monoisotopic (exact) mass is 549 g/mol. The first-order chi connectivity index (χ1) is 14.5. The summed E-state index contributed by atoms with van der Waals surface area (Å²) in [5.74, 6) is -0.964. The molecular formula is C20H22BrCl2N3O4S. The molecule has 2 aromatic rings. The van der Waals surface area contributed by atoms with E-state index >= 15 is 0 Å². The molecule has 0 aliphatic carbocycles. The predicted octanol–water partition coefficient (Wildman–Crippen LogP) is 3.69. The summed E-state index contributed by atoms with van der Waals surface area (Å²) in [7, 11) is -2.34. The van der Waals surface area contributed by atoms with E-state index in [-0.39, 0.29) is 6.54 Å².